The van der Waals surface area contributed by atoms with Gasteiger partial charge in [0.25, 0.3) is 0 Å². The van der Waals surface area contributed by atoms with Crippen LogP contribution in [0.1, 0.15) is 48.6 Å². The molecule has 1 saturated carbocycles. The quantitative estimate of drug-likeness (QED) is 0.631. The van der Waals surface area contributed by atoms with Crippen molar-refractivity contribution in [1.82, 2.24) is 9.80 Å². The molecule has 3 fully saturated rings. The Hall–Kier alpha value is -3.02. The highest BCUT2D eigenvalue weighted by Crippen LogP contribution is 2.50. The summed E-state index contributed by atoms with van der Waals surface area (Å²) < 4.78 is 10.5. The number of hydrogen-bond acceptors (Lipinski definition) is 4. The van der Waals surface area contributed by atoms with Gasteiger partial charge in [-0.15, -0.1) is 0 Å². The molecule has 0 aromatic heterocycles. The van der Waals surface area contributed by atoms with Crippen molar-refractivity contribution in [2.75, 3.05) is 40.4 Å². The molecule has 5 rings (SSSR count). The SMILES string of the molecule is COc1ccc(C2CCN(C(=O)C3(C(=O)N4CCC(c5ccc(OC)cc5)C4)CC3)C2)cc1. The zero-order valence-corrected chi connectivity index (χ0v) is 19.5. The minimum atomic E-state index is -0.816. The van der Waals surface area contributed by atoms with Crippen LogP contribution in [-0.2, 0) is 9.59 Å². The fourth-order valence-electron chi connectivity index (χ4n) is 5.44. The highest BCUT2D eigenvalue weighted by atomic mass is 16.5. The molecule has 2 aliphatic heterocycles. The van der Waals surface area contributed by atoms with Gasteiger partial charge in [0.15, 0.2) is 0 Å². The first-order valence-corrected chi connectivity index (χ1v) is 11.9. The van der Waals surface area contributed by atoms with Crippen LogP contribution in [0, 0.1) is 5.41 Å². The van der Waals surface area contributed by atoms with Gasteiger partial charge in [-0.05, 0) is 61.1 Å². The first-order chi connectivity index (χ1) is 16.0. The average molecular weight is 449 g/mol. The van der Waals surface area contributed by atoms with Crippen LogP contribution in [0.15, 0.2) is 48.5 Å². The van der Waals surface area contributed by atoms with Crippen LogP contribution in [0.4, 0.5) is 0 Å². The Labute approximate surface area is 195 Å². The number of hydrogen-bond donors (Lipinski definition) is 0. The summed E-state index contributed by atoms with van der Waals surface area (Å²) in [7, 11) is 3.33. The molecule has 0 N–H and O–H groups in total. The number of amides is 2. The molecule has 0 bridgehead atoms. The Kier molecular flexibility index (Phi) is 5.77. The summed E-state index contributed by atoms with van der Waals surface area (Å²) in [6.45, 7) is 2.82. The number of carbonyl (C=O) groups excluding carboxylic acids is 2. The molecule has 174 valence electrons. The molecule has 1 aliphatic carbocycles. The van der Waals surface area contributed by atoms with E-state index in [1.54, 1.807) is 14.2 Å². The van der Waals surface area contributed by atoms with E-state index in [0.29, 0.717) is 37.8 Å². The van der Waals surface area contributed by atoms with Crippen LogP contribution in [-0.4, -0.2) is 62.0 Å². The van der Waals surface area contributed by atoms with E-state index in [1.807, 2.05) is 34.1 Å². The van der Waals surface area contributed by atoms with E-state index >= 15 is 0 Å². The molecule has 2 heterocycles. The standard InChI is InChI=1S/C27H32N2O4/c1-32-23-7-3-19(4-8-23)21-11-15-28(17-21)25(30)27(13-14-27)26(31)29-16-12-22(18-29)20-5-9-24(33-2)10-6-20/h3-10,21-22H,11-18H2,1-2H3. The van der Waals surface area contributed by atoms with Crippen molar-refractivity contribution in [2.45, 2.75) is 37.5 Å². The Bertz CT molecular complexity index is 934. The summed E-state index contributed by atoms with van der Waals surface area (Å²) >= 11 is 0. The topological polar surface area (TPSA) is 59.1 Å². The lowest BCUT2D eigenvalue weighted by atomic mass is 9.98. The highest BCUT2D eigenvalue weighted by Gasteiger charge is 2.60. The van der Waals surface area contributed by atoms with Gasteiger partial charge in [-0.1, -0.05) is 24.3 Å². The van der Waals surface area contributed by atoms with E-state index in [0.717, 1.165) is 37.4 Å². The predicted octanol–water partition coefficient (Wildman–Crippen LogP) is 3.82. The van der Waals surface area contributed by atoms with Crippen LogP contribution in [0.3, 0.4) is 0 Å². The Morgan fingerprint density at radius 1 is 0.727 bits per heavy atom. The molecular formula is C27H32N2O4. The van der Waals surface area contributed by atoms with Gasteiger partial charge in [0.05, 0.1) is 14.2 Å². The number of methoxy groups -OCH3 is 2. The monoisotopic (exact) mass is 448 g/mol. The number of likely N-dealkylation sites (tertiary alicyclic amines) is 2. The van der Waals surface area contributed by atoms with Gasteiger partial charge in [0.2, 0.25) is 11.8 Å². The van der Waals surface area contributed by atoms with E-state index < -0.39 is 5.41 Å². The molecule has 2 atom stereocenters. The Balaban J connectivity index is 1.21. The summed E-state index contributed by atoms with van der Waals surface area (Å²) in [4.78, 5) is 30.8. The number of rotatable bonds is 6. The summed E-state index contributed by atoms with van der Waals surface area (Å²) in [5.41, 5.74) is 1.64. The second kappa shape index (κ2) is 8.73. The third-order valence-corrected chi connectivity index (χ3v) is 7.69. The molecule has 2 aromatic rings. The summed E-state index contributed by atoms with van der Waals surface area (Å²) in [6, 6.07) is 16.2. The van der Waals surface area contributed by atoms with Gasteiger partial charge in [-0.2, -0.15) is 0 Å². The average Bonchev–Trinajstić information content (AvgIpc) is 3.28. The lowest BCUT2D eigenvalue weighted by Gasteiger charge is -2.27. The van der Waals surface area contributed by atoms with E-state index in [9.17, 15) is 9.59 Å². The lowest BCUT2D eigenvalue weighted by molar-refractivity contribution is -0.148. The molecule has 2 aromatic carbocycles. The summed E-state index contributed by atoms with van der Waals surface area (Å²) in [6.07, 6.45) is 3.23. The van der Waals surface area contributed by atoms with Crippen molar-refractivity contribution < 1.29 is 19.1 Å². The van der Waals surface area contributed by atoms with Crippen molar-refractivity contribution in [1.29, 1.82) is 0 Å². The van der Waals surface area contributed by atoms with E-state index in [-0.39, 0.29) is 11.8 Å². The maximum Gasteiger partial charge on any atom is 0.238 e. The number of benzene rings is 2. The molecule has 0 spiro atoms. The van der Waals surface area contributed by atoms with Gasteiger partial charge >= 0.3 is 0 Å². The van der Waals surface area contributed by atoms with Crippen molar-refractivity contribution in [3.63, 3.8) is 0 Å². The fraction of sp³-hybridized carbons (Fsp3) is 0.481. The molecule has 3 aliphatic rings. The highest BCUT2D eigenvalue weighted by molar-refractivity contribution is 6.08. The number of carbonyl (C=O) groups is 2. The van der Waals surface area contributed by atoms with Gasteiger partial charge in [0, 0.05) is 38.0 Å². The van der Waals surface area contributed by atoms with Crippen molar-refractivity contribution in [3.8, 4) is 11.5 Å². The maximum atomic E-state index is 13.5. The molecule has 33 heavy (non-hydrogen) atoms. The second-order valence-corrected chi connectivity index (χ2v) is 9.60. The largest absolute Gasteiger partial charge is 0.497 e. The molecule has 0 radical (unpaired) electrons. The summed E-state index contributed by atoms with van der Waals surface area (Å²) in [5.74, 6) is 2.39. The van der Waals surface area contributed by atoms with Crippen LogP contribution in [0.5, 0.6) is 11.5 Å². The van der Waals surface area contributed by atoms with Crippen LogP contribution in [0.25, 0.3) is 0 Å². The molecule has 6 nitrogen and oxygen atoms in total. The zero-order chi connectivity index (χ0) is 23.0. The third-order valence-electron chi connectivity index (χ3n) is 7.69. The third kappa shape index (κ3) is 4.07. The van der Waals surface area contributed by atoms with Crippen molar-refractivity contribution in [3.05, 3.63) is 59.7 Å². The van der Waals surface area contributed by atoms with Gasteiger partial charge in [-0.25, -0.2) is 0 Å². The minimum absolute atomic E-state index is 0.0383. The van der Waals surface area contributed by atoms with Crippen LogP contribution < -0.4 is 9.47 Å². The second-order valence-electron chi connectivity index (χ2n) is 9.60. The van der Waals surface area contributed by atoms with Gasteiger partial charge in [0.1, 0.15) is 16.9 Å². The first-order valence-electron chi connectivity index (χ1n) is 11.9. The normalized spacial score (nSPS) is 23.5. The van der Waals surface area contributed by atoms with Crippen LogP contribution in [0.2, 0.25) is 0 Å². The molecule has 2 amide bonds. The van der Waals surface area contributed by atoms with Gasteiger partial charge < -0.3 is 19.3 Å². The van der Waals surface area contributed by atoms with Crippen molar-refractivity contribution in [2.24, 2.45) is 5.41 Å². The molecule has 6 heteroatoms. The maximum absolute atomic E-state index is 13.5. The van der Waals surface area contributed by atoms with E-state index in [4.69, 9.17) is 9.47 Å². The van der Waals surface area contributed by atoms with Crippen LogP contribution >= 0.6 is 0 Å². The van der Waals surface area contributed by atoms with E-state index in [1.165, 1.54) is 11.1 Å². The minimum Gasteiger partial charge on any atom is -0.497 e. The molecular weight excluding hydrogens is 416 g/mol. The van der Waals surface area contributed by atoms with Gasteiger partial charge in [-0.3, -0.25) is 9.59 Å². The van der Waals surface area contributed by atoms with E-state index in [2.05, 4.69) is 24.3 Å². The fourth-order valence-corrected chi connectivity index (χ4v) is 5.44. The number of nitrogens with zero attached hydrogens (tertiary/aromatic N) is 2. The molecule has 2 unspecified atom stereocenters. The predicted molar refractivity (Wildman–Crippen MR) is 126 cm³/mol. The Morgan fingerprint density at radius 3 is 1.45 bits per heavy atom. The zero-order valence-electron chi connectivity index (χ0n) is 19.5. The lowest BCUT2D eigenvalue weighted by Crippen LogP contribution is -2.45. The van der Waals surface area contributed by atoms with Crippen molar-refractivity contribution >= 4 is 11.8 Å². The first kappa shape index (κ1) is 21.8. The Morgan fingerprint density at radius 2 is 1.12 bits per heavy atom. The molecule has 2 saturated heterocycles. The number of ether oxygens (including phenoxy) is 2. The smallest absolute Gasteiger partial charge is 0.238 e. The summed E-state index contributed by atoms with van der Waals surface area (Å²) in [5, 5.41) is 0.